The number of anilines is 1. The number of nitrogens with one attached hydrogen (secondary N) is 1. The highest BCUT2D eigenvalue weighted by atomic mass is 79.9. The second-order valence-electron chi connectivity index (χ2n) is 4.70. The van der Waals surface area contributed by atoms with Crippen molar-refractivity contribution >= 4 is 32.4 Å². The highest BCUT2D eigenvalue weighted by Crippen LogP contribution is 2.57. The summed E-state index contributed by atoms with van der Waals surface area (Å²) in [5, 5.41) is 12.4. The summed E-state index contributed by atoms with van der Waals surface area (Å²) in [7, 11) is 0. The van der Waals surface area contributed by atoms with Gasteiger partial charge in [-0.1, -0.05) is 17.8 Å². The lowest BCUT2D eigenvalue weighted by atomic mass is 9.65. The van der Waals surface area contributed by atoms with E-state index in [9.17, 15) is 0 Å². The molecule has 0 radical (unpaired) electrons. The lowest BCUT2D eigenvalue weighted by molar-refractivity contribution is 0.118. The number of hydrogen-bond acceptors (Lipinski definition) is 4. The summed E-state index contributed by atoms with van der Waals surface area (Å²) in [5.74, 6) is 0.995. The smallest absolute Gasteiger partial charge is 0.206 e. The van der Waals surface area contributed by atoms with Crippen molar-refractivity contribution in [3.05, 3.63) is 3.92 Å². The van der Waals surface area contributed by atoms with E-state index in [0.29, 0.717) is 5.41 Å². The molecule has 3 nitrogen and oxygen atoms in total. The highest BCUT2D eigenvalue weighted by Gasteiger charge is 2.48. The Morgan fingerprint density at radius 3 is 2.67 bits per heavy atom. The van der Waals surface area contributed by atoms with Crippen molar-refractivity contribution in [1.29, 1.82) is 0 Å². The lowest BCUT2D eigenvalue weighted by Gasteiger charge is -2.42. The maximum absolute atomic E-state index is 4.07. The molecule has 2 aliphatic carbocycles. The molecular formula is C10H14BrN3S. The molecule has 3 rings (SSSR count). The van der Waals surface area contributed by atoms with E-state index in [1.165, 1.54) is 32.1 Å². The first-order valence-electron chi connectivity index (χ1n) is 5.51. The predicted octanol–water partition coefficient (Wildman–Crippen LogP) is 3.29. The first-order valence-corrected chi connectivity index (χ1v) is 7.12. The van der Waals surface area contributed by atoms with Gasteiger partial charge in [-0.05, 0) is 52.9 Å². The molecule has 82 valence electrons. The SMILES string of the molecule is Brc1nnc(NCC2(C3CC3)CCC2)s1. The van der Waals surface area contributed by atoms with E-state index < -0.39 is 0 Å². The third-order valence-electron chi connectivity index (χ3n) is 3.78. The summed E-state index contributed by atoms with van der Waals surface area (Å²) in [6, 6.07) is 0. The Labute approximate surface area is 102 Å². The van der Waals surface area contributed by atoms with Gasteiger partial charge in [-0.2, -0.15) is 0 Å². The largest absolute Gasteiger partial charge is 0.359 e. The Morgan fingerprint density at radius 2 is 2.20 bits per heavy atom. The topological polar surface area (TPSA) is 37.8 Å². The Hall–Kier alpha value is -0.160. The molecule has 0 unspecified atom stereocenters. The fraction of sp³-hybridized carbons (Fsp3) is 0.800. The van der Waals surface area contributed by atoms with Crippen molar-refractivity contribution in [2.24, 2.45) is 11.3 Å². The van der Waals surface area contributed by atoms with E-state index in [4.69, 9.17) is 0 Å². The van der Waals surface area contributed by atoms with Crippen LogP contribution >= 0.6 is 27.3 Å². The summed E-state index contributed by atoms with van der Waals surface area (Å²) in [5.41, 5.74) is 0.609. The molecule has 1 heterocycles. The van der Waals surface area contributed by atoms with Crippen molar-refractivity contribution in [3.63, 3.8) is 0 Å². The summed E-state index contributed by atoms with van der Waals surface area (Å²) in [6.07, 6.45) is 7.12. The average molecular weight is 288 g/mol. The zero-order valence-electron chi connectivity index (χ0n) is 8.50. The van der Waals surface area contributed by atoms with Crippen LogP contribution in [0.1, 0.15) is 32.1 Å². The minimum Gasteiger partial charge on any atom is -0.359 e. The quantitative estimate of drug-likeness (QED) is 0.923. The van der Waals surface area contributed by atoms with Gasteiger partial charge in [0.15, 0.2) is 3.92 Å². The molecule has 5 heteroatoms. The molecule has 1 aromatic rings. The minimum absolute atomic E-state index is 0.609. The number of aromatic nitrogens is 2. The van der Waals surface area contributed by atoms with E-state index in [0.717, 1.165) is 21.5 Å². The fourth-order valence-electron chi connectivity index (χ4n) is 2.58. The maximum atomic E-state index is 4.07. The second kappa shape index (κ2) is 3.70. The normalized spacial score (nSPS) is 23.5. The van der Waals surface area contributed by atoms with Crippen LogP contribution in [0.4, 0.5) is 5.13 Å². The number of rotatable bonds is 4. The van der Waals surface area contributed by atoms with Crippen LogP contribution in [0.3, 0.4) is 0 Å². The monoisotopic (exact) mass is 287 g/mol. The Morgan fingerprint density at radius 1 is 1.40 bits per heavy atom. The van der Waals surface area contributed by atoms with Gasteiger partial charge in [0.25, 0.3) is 0 Å². The van der Waals surface area contributed by atoms with E-state index in [1.807, 2.05) is 0 Å². The van der Waals surface area contributed by atoms with Gasteiger partial charge in [-0.3, -0.25) is 0 Å². The third-order valence-corrected chi connectivity index (χ3v) is 5.10. The number of nitrogens with zero attached hydrogens (tertiary/aromatic N) is 2. The lowest BCUT2D eigenvalue weighted by Crippen LogP contribution is -2.38. The zero-order valence-corrected chi connectivity index (χ0v) is 10.9. The van der Waals surface area contributed by atoms with Crippen LogP contribution in [-0.4, -0.2) is 16.7 Å². The molecule has 15 heavy (non-hydrogen) atoms. The molecule has 0 atom stereocenters. The molecule has 0 saturated heterocycles. The average Bonchev–Trinajstić information content (AvgIpc) is 2.90. The van der Waals surface area contributed by atoms with Crippen LogP contribution in [-0.2, 0) is 0 Å². The predicted molar refractivity (Wildman–Crippen MR) is 65.1 cm³/mol. The van der Waals surface area contributed by atoms with Crippen LogP contribution < -0.4 is 5.32 Å². The van der Waals surface area contributed by atoms with E-state index in [2.05, 4.69) is 31.4 Å². The van der Waals surface area contributed by atoms with Gasteiger partial charge in [-0.15, -0.1) is 10.2 Å². The van der Waals surface area contributed by atoms with Gasteiger partial charge in [-0.25, -0.2) is 0 Å². The first kappa shape index (κ1) is 10.0. The molecule has 2 saturated carbocycles. The van der Waals surface area contributed by atoms with Gasteiger partial charge >= 0.3 is 0 Å². The van der Waals surface area contributed by atoms with Crippen molar-refractivity contribution < 1.29 is 0 Å². The van der Waals surface area contributed by atoms with Crippen LogP contribution in [0.2, 0.25) is 0 Å². The van der Waals surface area contributed by atoms with Gasteiger partial charge < -0.3 is 5.32 Å². The van der Waals surface area contributed by atoms with Crippen LogP contribution in [0, 0.1) is 11.3 Å². The molecular weight excluding hydrogens is 274 g/mol. The van der Waals surface area contributed by atoms with Crippen molar-refractivity contribution in [1.82, 2.24) is 10.2 Å². The summed E-state index contributed by atoms with van der Waals surface area (Å²) in [6.45, 7) is 1.10. The second-order valence-corrected chi connectivity index (χ2v) is 6.96. The molecule has 1 aromatic heterocycles. The molecule has 2 fully saturated rings. The Kier molecular flexibility index (Phi) is 2.47. The van der Waals surface area contributed by atoms with Gasteiger partial charge in [0.05, 0.1) is 0 Å². The van der Waals surface area contributed by atoms with Gasteiger partial charge in [0, 0.05) is 6.54 Å². The Bertz CT molecular complexity index is 357. The van der Waals surface area contributed by atoms with Crippen LogP contribution in [0.25, 0.3) is 0 Å². The molecule has 0 aromatic carbocycles. The van der Waals surface area contributed by atoms with Crippen LogP contribution in [0.5, 0.6) is 0 Å². The molecule has 2 aliphatic rings. The molecule has 0 bridgehead atoms. The number of halogens is 1. The van der Waals surface area contributed by atoms with Crippen molar-refractivity contribution in [3.8, 4) is 0 Å². The third kappa shape index (κ3) is 1.91. The maximum Gasteiger partial charge on any atom is 0.206 e. The molecule has 0 aliphatic heterocycles. The van der Waals surface area contributed by atoms with Crippen LogP contribution in [0.15, 0.2) is 3.92 Å². The Balaban J connectivity index is 1.60. The van der Waals surface area contributed by atoms with E-state index in [1.54, 1.807) is 11.3 Å². The number of hydrogen-bond donors (Lipinski definition) is 1. The summed E-state index contributed by atoms with van der Waals surface area (Å²) < 4.78 is 0.860. The van der Waals surface area contributed by atoms with Crippen molar-refractivity contribution in [2.45, 2.75) is 32.1 Å². The van der Waals surface area contributed by atoms with Gasteiger partial charge in [0.2, 0.25) is 5.13 Å². The summed E-state index contributed by atoms with van der Waals surface area (Å²) in [4.78, 5) is 0. The molecule has 0 amide bonds. The summed E-state index contributed by atoms with van der Waals surface area (Å²) >= 11 is 4.91. The minimum atomic E-state index is 0.609. The highest BCUT2D eigenvalue weighted by molar-refractivity contribution is 9.11. The molecule has 0 spiro atoms. The molecule has 1 N–H and O–H groups in total. The first-order chi connectivity index (χ1) is 7.28. The van der Waals surface area contributed by atoms with Crippen molar-refractivity contribution in [2.75, 3.05) is 11.9 Å². The standard InChI is InChI=1S/C10H14BrN3S/c11-8-13-14-9(15-8)12-6-10(4-1-5-10)7-2-3-7/h7H,1-6H2,(H,12,14). The van der Waals surface area contributed by atoms with Gasteiger partial charge in [0.1, 0.15) is 0 Å². The fourth-order valence-corrected chi connectivity index (χ4v) is 3.59. The zero-order chi connectivity index (χ0) is 10.3. The van der Waals surface area contributed by atoms with E-state index >= 15 is 0 Å². The van der Waals surface area contributed by atoms with E-state index in [-0.39, 0.29) is 0 Å².